The highest BCUT2D eigenvalue weighted by Gasteiger charge is 2.18. The Bertz CT molecular complexity index is 1120. The summed E-state index contributed by atoms with van der Waals surface area (Å²) in [4.78, 5) is 23.5. The van der Waals surface area contributed by atoms with Crippen molar-refractivity contribution in [2.75, 3.05) is 13.4 Å². The molecule has 0 unspecified atom stereocenters. The number of carbonyl (C=O) groups is 1. The predicted octanol–water partition coefficient (Wildman–Crippen LogP) is 3.61. The molecule has 7 nitrogen and oxygen atoms in total. The molecule has 0 spiro atoms. The van der Waals surface area contributed by atoms with E-state index in [0.717, 1.165) is 10.9 Å². The van der Waals surface area contributed by atoms with Gasteiger partial charge in [0.25, 0.3) is 0 Å². The van der Waals surface area contributed by atoms with Gasteiger partial charge in [0.2, 0.25) is 6.79 Å². The lowest BCUT2D eigenvalue weighted by Crippen LogP contribution is -2.14. The Kier molecular flexibility index (Phi) is 4.83. The lowest BCUT2D eigenvalue weighted by Gasteiger charge is -2.09. The molecule has 0 aliphatic carbocycles. The number of fused-ring (bicyclic) bond motifs is 2. The molecule has 0 saturated heterocycles. The van der Waals surface area contributed by atoms with Gasteiger partial charge >= 0.3 is 11.6 Å². The van der Waals surface area contributed by atoms with Crippen molar-refractivity contribution in [2.24, 2.45) is 0 Å². The van der Waals surface area contributed by atoms with Crippen molar-refractivity contribution in [3.05, 3.63) is 63.0 Å². The van der Waals surface area contributed by atoms with E-state index >= 15 is 0 Å². The second kappa shape index (κ2) is 7.44. The highest BCUT2D eigenvalue weighted by atomic mass is 35.5. The van der Waals surface area contributed by atoms with Gasteiger partial charge in [-0.25, -0.2) is 9.59 Å². The average molecular weight is 403 g/mol. The fraction of sp³-hybridized carbons (Fsp3) is 0.200. The number of hydrogen-bond donors (Lipinski definition) is 0. The van der Waals surface area contributed by atoms with Crippen LogP contribution in [0.1, 0.15) is 11.1 Å². The molecule has 1 aromatic heterocycles. The first kappa shape index (κ1) is 18.2. The van der Waals surface area contributed by atoms with Crippen LogP contribution in [0.4, 0.5) is 0 Å². The zero-order chi connectivity index (χ0) is 19.7. The zero-order valence-electron chi connectivity index (χ0n) is 14.8. The molecule has 2 aromatic carbocycles. The van der Waals surface area contributed by atoms with Gasteiger partial charge in [0, 0.05) is 17.5 Å². The number of ether oxygens (including phenoxy) is 4. The van der Waals surface area contributed by atoms with Crippen LogP contribution in [0.3, 0.4) is 0 Å². The van der Waals surface area contributed by atoms with Gasteiger partial charge in [0.05, 0.1) is 5.02 Å². The smallest absolute Gasteiger partial charge is 0.344 e. The number of halogens is 1. The molecule has 2 heterocycles. The van der Waals surface area contributed by atoms with Crippen molar-refractivity contribution >= 4 is 28.5 Å². The highest BCUT2D eigenvalue weighted by Crippen LogP contribution is 2.39. The lowest BCUT2D eigenvalue weighted by molar-refractivity contribution is -0.147. The first-order valence-electron chi connectivity index (χ1n) is 8.40. The number of carbonyl (C=O) groups excluding carboxylic acids is 1. The van der Waals surface area contributed by atoms with E-state index in [0.29, 0.717) is 33.4 Å². The third kappa shape index (κ3) is 3.75. The Morgan fingerprint density at radius 1 is 1.18 bits per heavy atom. The van der Waals surface area contributed by atoms with Crippen molar-refractivity contribution in [1.82, 2.24) is 0 Å². The van der Waals surface area contributed by atoms with E-state index in [9.17, 15) is 9.59 Å². The topological polar surface area (TPSA) is 84.2 Å². The number of aryl methyl sites for hydroxylation is 1. The van der Waals surface area contributed by atoms with Crippen molar-refractivity contribution in [3.8, 4) is 17.2 Å². The number of benzene rings is 2. The molecule has 3 aromatic rings. The fourth-order valence-electron chi connectivity index (χ4n) is 2.85. The minimum Gasteiger partial charge on any atom is -0.482 e. The van der Waals surface area contributed by atoms with Gasteiger partial charge in [-0.1, -0.05) is 11.6 Å². The Morgan fingerprint density at radius 2 is 2.04 bits per heavy atom. The normalized spacial score (nSPS) is 12.2. The first-order chi connectivity index (χ1) is 13.5. The summed E-state index contributed by atoms with van der Waals surface area (Å²) in [5.74, 6) is 0.838. The van der Waals surface area contributed by atoms with Crippen LogP contribution < -0.4 is 19.8 Å². The zero-order valence-corrected chi connectivity index (χ0v) is 15.6. The Balaban J connectivity index is 1.36. The van der Waals surface area contributed by atoms with E-state index in [1.807, 2.05) is 6.92 Å². The van der Waals surface area contributed by atoms with Crippen LogP contribution >= 0.6 is 11.6 Å². The van der Waals surface area contributed by atoms with Crippen molar-refractivity contribution in [2.45, 2.75) is 13.5 Å². The fourth-order valence-corrected chi connectivity index (χ4v) is 3.13. The summed E-state index contributed by atoms with van der Waals surface area (Å²) in [6, 6.07) is 9.80. The predicted molar refractivity (Wildman–Crippen MR) is 100 cm³/mol. The summed E-state index contributed by atoms with van der Waals surface area (Å²) < 4.78 is 26.3. The highest BCUT2D eigenvalue weighted by molar-refractivity contribution is 6.32. The van der Waals surface area contributed by atoms with Gasteiger partial charge in [0.1, 0.15) is 17.9 Å². The molecule has 28 heavy (non-hydrogen) atoms. The largest absolute Gasteiger partial charge is 0.482 e. The van der Waals surface area contributed by atoms with E-state index in [-0.39, 0.29) is 20.0 Å². The summed E-state index contributed by atoms with van der Waals surface area (Å²) in [7, 11) is 0. The van der Waals surface area contributed by atoms with E-state index in [1.54, 1.807) is 30.3 Å². The van der Waals surface area contributed by atoms with Gasteiger partial charge in [-0.2, -0.15) is 0 Å². The van der Waals surface area contributed by atoms with Gasteiger partial charge in [0.15, 0.2) is 18.1 Å². The maximum absolute atomic E-state index is 12.0. The van der Waals surface area contributed by atoms with Gasteiger partial charge < -0.3 is 23.4 Å². The molecule has 0 atom stereocenters. The summed E-state index contributed by atoms with van der Waals surface area (Å²) in [5.41, 5.74) is 1.43. The molecular weight excluding hydrogens is 388 g/mol. The molecule has 0 radical (unpaired) electrons. The third-order valence-electron chi connectivity index (χ3n) is 4.17. The summed E-state index contributed by atoms with van der Waals surface area (Å²) in [6.45, 7) is 1.65. The minimum atomic E-state index is -0.556. The molecular formula is C20H15ClO7. The van der Waals surface area contributed by atoms with Gasteiger partial charge in [-0.05, 0) is 42.3 Å². The summed E-state index contributed by atoms with van der Waals surface area (Å²) in [5, 5.41) is 1.19. The maximum atomic E-state index is 12.0. The molecule has 0 bridgehead atoms. The third-order valence-corrected chi connectivity index (χ3v) is 4.45. The van der Waals surface area contributed by atoms with Crippen LogP contribution in [-0.2, 0) is 16.1 Å². The van der Waals surface area contributed by atoms with Crippen LogP contribution in [0.25, 0.3) is 11.0 Å². The SMILES string of the molecule is Cc1cc(=O)oc2cc(OCC(=O)OCc3cc(Cl)c4c(c3)OCO4)ccc12. The van der Waals surface area contributed by atoms with Crippen molar-refractivity contribution in [1.29, 1.82) is 0 Å². The van der Waals surface area contributed by atoms with Crippen molar-refractivity contribution in [3.63, 3.8) is 0 Å². The molecule has 1 aliphatic heterocycles. The maximum Gasteiger partial charge on any atom is 0.344 e. The Hall–Kier alpha value is -3.19. The molecule has 0 N–H and O–H groups in total. The first-order valence-corrected chi connectivity index (χ1v) is 8.78. The number of rotatable bonds is 5. The van der Waals surface area contributed by atoms with E-state index in [4.69, 9.17) is 35.0 Å². The molecule has 0 fully saturated rings. The quantitative estimate of drug-likeness (QED) is 0.476. The van der Waals surface area contributed by atoms with Crippen LogP contribution in [-0.4, -0.2) is 19.4 Å². The molecule has 1 aliphatic rings. The summed E-state index contributed by atoms with van der Waals surface area (Å²) >= 11 is 6.10. The molecule has 0 saturated carbocycles. The molecule has 0 amide bonds. The summed E-state index contributed by atoms with van der Waals surface area (Å²) in [6.07, 6.45) is 0. The molecule has 4 rings (SSSR count). The minimum absolute atomic E-state index is 0.0182. The van der Waals surface area contributed by atoms with Crippen LogP contribution in [0.5, 0.6) is 17.2 Å². The van der Waals surface area contributed by atoms with E-state index in [1.165, 1.54) is 6.07 Å². The molecule has 8 heteroatoms. The molecule has 144 valence electrons. The van der Waals surface area contributed by atoms with Crippen LogP contribution in [0.15, 0.2) is 45.6 Å². The van der Waals surface area contributed by atoms with Crippen LogP contribution in [0.2, 0.25) is 5.02 Å². The van der Waals surface area contributed by atoms with Gasteiger partial charge in [-0.15, -0.1) is 0 Å². The van der Waals surface area contributed by atoms with Gasteiger partial charge in [-0.3, -0.25) is 0 Å². The lowest BCUT2D eigenvalue weighted by atomic mass is 10.1. The van der Waals surface area contributed by atoms with E-state index in [2.05, 4.69) is 0 Å². The number of hydrogen-bond acceptors (Lipinski definition) is 7. The second-order valence-corrected chi connectivity index (χ2v) is 6.57. The standard InChI is InChI=1S/C20H15ClO7/c1-11-4-18(22)28-16-7-13(2-3-14(11)16)24-9-19(23)25-8-12-5-15(21)20-17(6-12)26-10-27-20/h2-7H,8-10H2,1H3. The number of esters is 1. The van der Waals surface area contributed by atoms with Crippen LogP contribution in [0, 0.1) is 6.92 Å². The average Bonchev–Trinajstić information content (AvgIpc) is 3.13. The Labute approximate surface area is 164 Å². The monoisotopic (exact) mass is 402 g/mol. The van der Waals surface area contributed by atoms with E-state index < -0.39 is 11.6 Å². The second-order valence-electron chi connectivity index (χ2n) is 6.17. The van der Waals surface area contributed by atoms with Crippen molar-refractivity contribution < 1.29 is 28.2 Å². The Morgan fingerprint density at radius 3 is 2.89 bits per heavy atom.